The summed E-state index contributed by atoms with van der Waals surface area (Å²) in [6, 6.07) is 15.8. The number of nitrogens with two attached hydrogens (primary N) is 1. The van der Waals surface area contributed by atoms with Gasteiger partial charge in [0, 0.05) is 11.3 Å². The standard InChI is InChI=1S/C17H17NO3/c18-14-9-6-12(7-10-14)8-11-15(17(20)21)16(19)13-4-2-1-3-5-13/h1-7,9-10,15H,8,11,18H2,(H,20,21). The van der Waals surface area contributed by atoms with E-state index in [0.717, 1.165) is 5.56 Å². The first-order valence-electron chi connectivity index (χ1n) is 6.74. The van der Waals surface area contributed by atoms with Gasteiger partial charge in [-0.3, -0.25) is 9.59 Å². The maximum absolute atomic E-state index is 12.3. The van der Waals surface area contributed by atoms with Crippen molar-refractivity contribution in [3.8, 4) is 0 Å². The van der Waals surface area contributed by atoms with Crippen molar-refractivity contribution in [2.75, 3.05) is 5.73 Å². The molecule has 0 bridgehead atoms. The Labute approximate surface area is 123 Å². The van der Waals surface area contributed by atoms with Crippen molar-refractivity contribution in [2.24, 2.45) is 5.92 Å². The summed E-state index contributed by atoms with van der Waals surface area (Å²) in [5.41, 5.74) is 7.67. The number of hydrogen-bond acceptors (Lipinski definition) is 3. The molecule has 3 N–H and O–H groups in total. The van der Waals surface area contributed by atoms with Gasteiger partial charge in [0.15, 0.2) is 5.78 Å². The van der Waals surface area contributed by atoms with E-state index < -0.39 is 11.9 Å². The molecule has 0 spiro atoms. The van der Waals surface area contributed by atoms with Crippen molar-refractivity contribution < 1.29 is 14.7 Å². The number of carboxylic acids is 1. The molecular formula is C17H17NO3. The van der Waals surface area contributed by atoms with E-state index in [1.54, 1.807) is 42.5 Å². The Hall–Kier alpha value is -2.62. The summed E-state index contributed by atoms with van der Waals surface area (Å²) in [6.07, 6.45) is 0.794. The van der Waals surface area contributed by atoms with Crippen molar-refractivity contribution >= 4 is 17.4 Å². The molecule has 0 aliphatic heterocycles. The number of anilines is 1. The smallest absolute Gasteiger partial charge is 0.314 e. The highest BCUT2D eigenvalue weighted by Gasteiger charge is 2.26. The number of aliphatic carboxylic acids is 1. The Morgan fingerprint density at radius 2 is 1.62 bits per heavy atom. The first-order valence-corrected chi connectivity index (χ1v) is 6.74. The Morgan fingerprint density at radius 3 is 2.19 bits per heavy atom. The zero-order chi connectivity index (χ0) is 15.2. The van der Waals surface area contributed by atoms with E-state index in [1.165, 1.54) is 0 Å². The lowest BCUT2D eigenvalue weighted by molar-refractivity contribution is -0.140. The zero-order valence-corrected chi connectivity index (χ0v) is 11.5. The van der Waals surface area contributed by atoms with Gasteiger partial charge in [0.2, 0.25) is 0 Å². The summed E-state index contributed by atoms with van der Waals surface area (Å²) in [4.78, 5) is 23.6. The summed E-state index contributed by atoms with van der Waals surface area (Å²) in [5, 5.41) is 9.29. The third-order valence-corrected chi connectivity index (χ3v) is 3.37. The second-order valence-corrected chi connectivity index (χ2v) is 4.90. The molecule has 108 valence electrons. The van der Waals surface area contributed by atoms with E-state index in [0.29, 0.717) is 17.7 Å². The number of benzene rings is 2. The fourth-order valence-electron chi connectivity index (χ4n) is 2.17. The normalized spacial score (nSPS) is 11.8. The van der Waals surface area contributed by atoms with E-state index in [1.807, 2.05) is 12.1 Å². The number of hydrogen-bond donors (Lipinski definition) is 2. The van der Waals surface area contributed by atoms with Gasteiger partial charge in [-0.2, -0.15) is 0 Å². The molecule has 21 heavy (non-hydrogen) atoms. The molecule has 0 radical (unpaired) electrons. The molecule has 1 unspecified atom stereocenters. The number of carbonyl (C=O) groups excluding carboxylic acids is 1. The van der Waals surface area contributed by atoms with Crippen molar-refractivity contribution in [2.45, 2.75) is 12.8 Å². The lowest BCUT2D eigenvalue weighted by Crippen LogP contribution is -2.24. The number of Topliss-reactive ketones (excluding diaryl/α,β-unsaturated/α-hetero) is 1. The molecule has 0 aliphatic carbocycles. The minimum atomic E-state index is -1.08. The predicted molar refractivity (Wildman–Crippen MR) is 81.1 cm³/mol. The maximum atomic E-state index is 12.3. The van der Waals surface area contributed by atoms with E-state index in [2.05, 4.69) is 0 Å². The molecule has 4 heteroatoms. The highest BCUT2D eigenvalue weighted by molar-refractivity contribution is 6.08. The van der Waals surface area contributed by atoms with Crippen LogP contribution in [0.25, 0.3) is 0 Å². The number of ketones is 1. The molecule has 0 fully saturated rings. The van der Waals surface area contributed by atoms with Crippen LogP contribution in [-0.2, 0) is 11.2 Å². The summed E-state index contributed by atoms with van der Waals surface area (Å²) in [7, 11) is 0. The zero-order valence-electron chi connectivity index (χ0n) is 11.5. The second kappa shape index (κ2) is 6.70. The van der Waals surface area contributed by atoms with Gasteiger partial charge >= 0.3 is 5.97 Å². The number of carbonyl (C=O) groups is 2. The van der Waals surface area contributed by atoms with Crippen LogP contribution in [0, 0.1) is 5.92 Å². The molecule has 2 aromatic carbocycles. The van der Waals surface area contributed by atoms with E-state index in [4.69, 9.17) is 5.73 Å². The number of rotatable bonds is 6. The van der Waals surface area contributed by atoms with Crippen molar-refractivity contribution in [3.05, 3.63) is 65.7 Å². The minimum Gasteiger partial charge on any atom is -0.481 e. The molecule has 2 rings (SSSR count). The second-order valence-electron chi connectivity index (χ2n) is 4.90. The van der Waals surface area contributed by atoms with Gasteiger partial charge in [-0.15, -0.1) is 0 Å². The lowest BCUT2D eigenvalue weighted by Gasteiger charge is -2.11. The highest BCUT2D eigenvalue weighted by Crippen LogP contribution is 2.17. The third kappa shape index (κ3) is 3.92. The van der Waals surface area contributed by atoms with Crippen LogP contribution in [0.15, 0.2) is 54.6 Å². The van der Waals surface area contributed by atoms with Crippen LogP contribution in [0.2, 0.25) is 0 Å². The van der Waals surface area contributed by atoms with Crippen molar-refractivity contribution in [1.82, 2.24) is 0 Å². The first-order chi connectivity index (χ1) is 10.1. The maximum Gasteiger partial charge on any atom is 0.314 e. The fraction of sp³-hybridized carbons (Fsp3) is 0.176. The van der Waals surface area contributed by atoms with Gasteiger partial charge < -0.3 is 10.8 Å². The SMILES string of the molecule is Nc1ccc(CCC(C(=O)O)C(=O)c2ccccc2)cc1. The van der Waals surface area contributed by atoms with Crippen LogP contribution < -0.4 is 5.73 Å². The predicted octanol–water partition coefficient (Wildman–Crippen LogP) is 2.79. The van der Waals surface area contributed by atoms with E-state index in [9.17, 15) is 14.7 Å². The summed E-state index contributed by atoms with van der Waals surface area (Å²) in [5.74, 6) is -2.46. The van der Waals surface area contributed by atoms with Crippen LogP contribution in [0.5, 0.6) is 0 Å². The van der Waals surface area contributed by atoms with Crippen molar-refractivity contribution in [1.29, 1.82) is 0 Å². The Kier molecular flexibility index (Phi) is 4.72. The molecule has 4 nitrogen and oxygen atoms in total. The molecule has 1 atom stereocenters. The first kappa shape index (κ1) is 14.8. The van der Waals surface area contributed by atoms with Gasteiger partial charge in [-0.25, -0.2) is 0 Å². The van der Waals surface area contributed by atoms with Crippen molar-refractivity contribution in [3.63, 3.8) is 0 Å². The molecule has 0 aliphatic rings. The van der Waals surface area contributed by atoms with Crippen LogP contribution >= 0.6 is 0 Å². The quantitative estimate of drug-likeness (QED) is 0.485. The van der Waals surface area contributed by atoms with Gasteiger partial charge in [-0.1, -0.05) is 42.5 Å². The van der Waals surface area contributed by atoms with Gasteiger partial charge in [-0.05, 0) is 30.5 Å². The molecule has 2 aromatic rings. The lowest BCUT2D eigenvalue weighted by atomic mass is 9.91. The Morgan fingerprint density at radius 1 is 1.00 bits per heavy atom. The van der Waals surface area contributed by atoms with Gasteiger partial charge in [0.25, 0.3) is 0 Å². The molecule has 0 aromatic heterocycles. The molecule has 0 saturated carbocycles. The Bertz CT molecular complexity index is 620. The molecular weight excluding hydrogens is 266 g/mol. The fourth-order valence-corrected chi connectivity index (χ4v) is 2.17. The number of carboxylic acid groups (broad SMARTS) is 1. The summed E-state index contributed by atoms with van der Waals surface area (Å²) < 4.78 is 0. The summed E-state index contributed by atoms with van der Waals surface area (Å²) >= 11 is 0. The number of aryl methyl sites for hydroxylation is 1. The number of nitrogen functional groups attached to an aromatic ring is 1. The van der Waals surface area contributed by atoms with Gasteiger partial charge in [0.05, 0.1) is 0 Å². The average Bonchev–Trinajstić information content (AvgIpc) is 2.49. The molecule has 0 saturated heterocycles. The molecule has 0 heterocycles. The highest BCUT2D eigenvalue weighted by atomic mass is 16.4. The molecule has 0 amide bonds. The van der Waals surface area contributed by atoms with Crippen LogP contribution in [0.1, 0.15) is 22.3 Å². The van der Waals surface area contributed by atoms with Crippen LogP contribution in [0.4, 0.5) is 5.69 Å². The Balaban J connectivity index is 2.07. The monoisotopic (exact) mass is 283 g/mol. The van der Waals surface area contributed by atoms with Crippen LogP contribution in [0.3, 0.4) is 0 Å². The average molecular weight is 283 g/mol. The minimum absolute atomic E-state index is 0.271. The summed E-state index contributed by atoms with van der Waals surface area (Å²) in [6.45, 7) is 0. The van der Waals surface area contributed by atoms with Gasteiger partial charge in [0.1, 0.15) is 5.92 Å². The van der Waals surface area contributed by atoms with E-state index in [-0.39, 0.29) is 12.2 Å². The van der Waals surface area contributed by atoms with E-state index >= 15 is 0 Å². The topological polar surface area (TPSA) is 80.4 Å². The van der Waals surface area contributed by atoms with Crippen LogP contribution in [-0.4, -0.2) is 16.9 Å². The third-order valence-electron chi connectivity index (χ3n) is 3.37. The largest absolute Gasteiger partial charge is 0.481 e.